The van der Waals surface area contributed by atoms with Crippen molar-refractivity contribution in [2.24, 2.45) is 0 Å². The molecule has 0 fully saturated rings. The number of benzene rings is 1. The molecule has 0 bridgehead atoms. The van der Waals surface area contributed by atoms with Gasteiger partial charge in [-0.2, -0.15) is 13.2 Å². The van der Waals surface area contributed by atoms with Crippen LogP contribution in [0.25, 0.3) is 0 Å². The Morgan fingerprint density at radius 3 is 2.10 bits per heavy atom. The number of halogens is 4. The summed E-state index contributed by atoms with van der Waals surface area (Å²) in [4.78, 5) is 0. The van der Waals surface area contributed by atoms with Gasteiger partial charge in [-0.1, -0.05) is 26.0 Å². The summed E-state index contributed by atoms with van der Waals surface area (Å²) in [5.74, 6) is -0.437. The van der Waals surface area contributed by atoms with Crippen LogP contribution in [0.4, 0.5) is 17.6 Å². The molecule has 0 saturated carbocycles. The lowest BCUT2D eigenvalue weighted by Crippen LogP contribution is -2.35. The quantitative estimate of drug-likeness (QED) is 0.805. The molecule has 0 amide bonds. The van der Waals surface area contributed by atoms with E-state index < -0.39 is 24.2 Å². The van der Waals surface area contributed by atoms with Gasteiger partial charge in [-0.05, 0) is 24.6 Å². The minimum Gasteiger partial charge on any atom is -0.360 e. The highest BCUT2D eigenvalue weighted by Gasteiger charge is 2.38. The lowest BCUT2D eigenvalue weighted by atomic mass is 10.1. The van der Waals surface area contributed by atoms with Crippen LogP contribution < -0.4 is 5.32 Å². The molecule has 0 saturated heterocycles. The molecular formula is C14H19F4NO. The fourth-order valence-electron chi connectivity index (χ4n) is 1.59. The molecule has 0 aromatic heterocycles. The Kier molecular flexibility index (Phi) is 5.95. The van der Waals surface area contributed by atoms with Crippen LogP contribution in [-0.2, 0) is 4.74 Å². The predicted octanol–water partition coefficient (Wildman–Crippen LogP) is 3.83. The second kappa shape index (κ2) is 7.04. The molecule has 20 heavy (non-hydrogen) atoms. The van der Waals surface area contributed by atoms with E-state index in [0.717, 1.165) is 6.92 Å². The van der Waals surface area contributed by atoms with Crippen molar-refractivity contribution >= 4 is 0 Å². The van der Waals surface area contributed by atoms with E-state index in [2.05, 4.69) is 5.32 Å². The van der Waals surface area contributed by atoms with Crippen LogP contribution in [0.2, 0.25) is 0 Å². The van der Waals surface area contributed by atoms with Crippen molar-refractivity contribution in [2.75, 3.05) is 6.54 Å². The van der Waals surface area contributed by atoms with E-state index in [-0.39, 0.29) is 12.6 Å². The number of rotatable bonds is 6. The van der Waals surface area contributed by atoms with Crippen LogP contribution in [0.3, 0.4) is 0 Å². The monoisotopic (exact) mass is 293 g/mol. The molecule has 0 aliphatic heterocycles. The highest BCUT2D eigenvalue weighted by molar-refractivity contribution is 5.19. The molecule has 0 aliphatic rings. The summed E-state index contributed by atoms with van der Waals surface area (Å²) in [6, 6.07) is 5.40. The van der Waals surface area contributed by atoms with E-state index in [1.54, 1.807) is 0 Å². The SMILES string of the molecule is CC(C)NCC(OC(C)C(F)(F)F)c1ccc(F)cc1. The van der Waals surface area contributed by atoms with Crippen molar-refractivity contribution in [1.29, 1.82) is 0 Å². The van der Waals surface area contributed by atoms with Crippen molar-refractivity contribution < 1.29 is 22.3 Å². The minimum atomic E-state index is -4.42. The van der Waals surface area contributed by atoms with Crippen molar-refractivity contribution in [3.05, 3.63) is 35.6 Å². The van der Waals surface area contributed by atoms with Gasteiger partial charge in [-0.3, -0.25) is 0 Å². The minimum absolute atomic E-state index is 0.114. The topological polar surface area (TPSA) is 21.3 Å². The summed E-state index contributed by atoms with van der Waals surface area (Å²) in [7, 11) is 0. The molecule has 2 unspecified atom stereocenters. The summed E-state index contributed by atoms with van der Waals surface area (Å²) in [5, 5.41) is 3.03. The van der Waals surface area contributed by atoms with E-state index in [4.69, 9.17) is 4.74 Å². The van der Waals surface area contributed by atoms with Crippen molar-refractivity contribution in [1.82, 2.24) is 5.32 Å². The maximum Gasteiger partial charge on any atom is 0.414 e. The summed E-state index contributed by atoms with van der Waals surface area (Å²) in [6.45, 7) is 4.96. The van der Waals surface area contributed by atoms with Crippen molar-refractivity contribution in [2.45, 2.75) is 45.2 Å². The Morgan fingerprint density at radius 1 is 1.10 bits per heavy atom. The zero-order valence-corrected chi connectivity index (χ0v) is 11.7. The molecule has 1 rings (SSSR count). The van der Waals surface area contributed by atoms with E-state index in [1.165, 1.54) is 24.3 Å². The van der Waals surface area contributed by atoms with Gasteiger partial charge in [-0.15, -0.1) is 0 Å². The molecular weight excluding hydrogens is 274 g/mol. The van der Waals surface area contributed by atoms with Gasteiger partial charge in [0.25, 0.3) is 0 Å². The lowest BCUT2D eigenvalue weighted by Gasteiger charge is -2.25. The Hall–Kier alpha value is -1.14. The smallest absolute Gasteiger partial charge is 0.360 e. The fourth-order valence-corrected chi connectivity index (χ4v) is 1.59. The number of ether oxygens (including phenoxy) is 1. The summed E-state index contributed by atoms with van der Waals surface area (Å²) < 4.78 is 55.7. The first-order valence-corrected chi connectivity index (χ1v) is 6.41. The standard InChI is InChI=1S/C14H19F4NO/c1-9(2)19-8-13(20-10(3)14(16,17)18)11-4-6-12(15)7-5-11/h4-7,9-10,13,19H,8H2,1-3H3. The average Bonchev–Trinajstić information content (AvgIpc) is 2.34. The third-order valence-electron chi connectivity index (χ3n) is 2.78. The van der Waals surface area contributed by atoms with E-state index in [0.29, 0.717) is 5.56 Å². The maximum absolute atomic E-state index is 12.9. The van der Waals surface area contributed by atoms with Gasteiger partial charge in [0.2, 0.25) is 0 Å². The van der Waals surface area contributed by atoms with E-state index in [1.807, 2.05) is 13.8 Å². The molecule has 114 valence electrons. The van der Waals surface area contributed by atoms with Crippen LogP contribution in [0.15, 0.2) is 24.3 Å². The van der Waals surface area contributed by atoms with Gasteiger partial charge in [0.15, 0.2) is 6.10 Å². The molecule has 0 spiro atoms. The summed E-state index contributed by atoms with van der Waals surface area (Å²) >= 11 is 0. The molecule has 2 atom stereocenters. The zero-order chi connectivity index (χ0) is 15.3. The van der Waals surface area contributed by atoms with Gasteiger partial charge in [-0.25, -0.2) is 4.39 Å². The fraction of sp³-hybridized carbons (Fsp3) is 0.571. The Morgan fingerprint density at radius 2 is 1.65 bits per heavy atom. The highest BCUT2D eigenvalue weighted by Crippen LogP contribution is 2.28. The Labute approximate surface area is 116 Å². The molecule has 6 heteroatoms. The van der Waals surface area contributed by atoms with Crippen LogP contribution in [0.1, 0.15) is 32.4 Å². The molecule has 0 heterocycles. The van der Waals surface area contributed by atoms with Crippen molar-refractivity contribution in [3.8, 4) is 0 Å². The van der Waals surface area contributed by atoms with Crippen LogP contribution in [-0.4, -0.2) is 24.9 Å². The van der Waals surface area contributed by atoms with Gasteiger partial charge in [0, 0.05) is 12.6 Å². The number of alkyl halides is 3. The second-order valence-electron chi connectivity index (χ2n) is 4.92. The normalized spacial score (nSPS) is 15.4. The lowest BCUT2D eigenvalue weighted by molar-refractivity contribution is -0.227. The van der Waals surface area contributed by atoms with Gasteiger partial charge < -0.3 is 10.1 Å². The molecule has 2 nitrogen and oxygen atoms in total. The predicted molar refractivity (Wildman–Crippen MR) is 68.9 cm³/mol. The summed E-state index contributed by atoms with van der Waals surface area (Å²) in [5.41, 5.74) is 0.510. The number of nitrogens with one attached hydrogen (secondary N) is 1. The molecule has 0 radical (unpaired) electrons. The second-order valence-corrected chi connectivity index (χ2v) is 4.92. The molecule has 1 N–H and O–H groups in total. The first kappa shape index (κ1) is 16.9. The first-order chi connectivity index (χ1) is 9.20. The van der Waals surface area contributed by atoms with Gasteiger partial charge >= 0.3 is 6.18 Å². The van der Waals surface area contributed by atoms with E-state index in [9.17, 15) is 17.6 Å². The van der Waals surface area contributed by atoms with Crippen LogP contribution in [0, 0.1) is 5.82 Å². The van der Waals surface area contributed by atoms with E-state index >= 15 is 0 Å². The van der Waals surface area contributed by atoms with Crippen LogP contribution >= 0.6 is 0 Å². The number of hydrogen-bond acceptors (Lipinski definition) is 2. The zero-order valence-electron chi connectivity index (χ0n) is 11.7. The van der Waals surface area contributed by atoms with Crippen LogP contribution in [0.5, 0.6) is 0 Å². The Balaban J connectivity index is 2.82. The highest BCUT2D eigenvalue weighted by atomic mass is 19.4. The maximum atomic E-state index is 12.9. The summed E-state index contributed by atoms with van der Waals surface area (Å²) in [6.07, 6.45) is -7.09. The largest absolute Gasteiger partial charge is 0.414 e. The Bertz CT molecular complexity index is 403. The first-order valence-electron chi connectivity index (χ1n) is 6.41. The third-order valence-corrected chi connectivity index (χ3v) is 2.78. The third kappa shape index (κ3) is 5.46. The molecule has 1 aromatic rings. The average molecular weight is 293 g/mol. The van der Waals surface area contributed by atoms with Gasteiger partial charge in [0.1, 0.15) is 5.82 Å². The number of hydrogen-bond donors (Lipinski definition) is 1. The van der Waals surface area contributed by atoms with Crippen molar-refractivity contribution in [3.63, 3.8) is 0 Å². The molecule has 0 aliphatic carbocycles. The van der Waals surface area contributed by atoms with Gasteiger partial charge in [0.05, 0.1) is 6.10 Å². The molecule has 1 aromatic carbocycles.